The van der Waals surface area contributed by atoms with Gasteiger partial charge in [0.1, 0.15) is 5.60 Å². The van der Waals surface area contributed by atoms with Crippen LogP contribution in [0.15, 0.2) is 60.7 Å². The van der Waals surface area contributed by atoms with Crippen LogP contribution in [0, 0.1) is 11.3 Å². The van der Waals surface area contributed by atoms with Crippen molar-refractivity contribution in [3.63, 3.8) is 0 Å². The van der Waals surface area contributed by atoms with Gasteiger partial charge in [-0.25, -0.2) is 4.79 Å². The third-order valence-electron chi connectivity index (χ3n) is 8.59. The average Bonchev–Trinajstić information content (AvgIpc) is 2.85. The Morgan fingerprint density at radius 1 is 0.838 bits per heavy atom. The fourth-order valence-corrected chi connectivity index (χ4v) is 11.1. The number of carbonyl (C=O) groups excluding carboxylic acids is 1. The summed E-state index contributed by atoms with van der Waals surface area (Å²) in [5.74, 6) is 0.594. The van der Waals surface area contributed by atoms with E-state index >= 15 is 0 Å². The third-order valence-corrected chi connectivity index (χ3v) is 13.6. The van der Waals surface area contributed by atoms with E-state index in [1.54, 1.807) is 0 Å². The molecule has 1 saturated carbocycles. The first-order valence-electron chi connectivity index (χ1n) is 14.2. The van der Waals surface area contributed by atoms with Gasteiger partial charge in [-0.2, -0.15) is 0 Å². The van der Waals surface area contributed by atoms with Crippen LogP contribution in [0.3, 0.4) is 0 Å². The fraction of sp³-hybridized carbons (Fsp3) is 0.594. The average molecular weight is 522 g/mol. The zero-order chi connectivity index (χ0) is 26.7. The van der Waals surface area contributed by atoms with Crippen LogP contribution >= 0.6 is 0 Å². The first-order chi connectivity index (χ1) is 17.4. The van der Waals surface area contributed by atoms with E-state index in [9.17, 15) is 4.79 Å². The van der Waals surface area contributed by atoms with E-state index in [-0.39, 0.29) is 11.1 Å². The maximum absolute atomic E-state index is 12.5. The Bertz CT molecular complexity index is 968. The highest BCUT2D eigenvalue weighted by atomic mass is 28.4. The molecule has 5 heteroatoms. The predicted molar refractivity (Wildman–Crippen MR) is 155 cm³/mol. The minimum atomic E-state index is -2.48. The molecule has 1 saturated heterocycles. The zero-order valence-electron chi connectivity index (χ0n) is 23.9. The first-order valence-corrected chi connectivity index (χ1v) is 16.1. The van der Waals surface area contributed by atoms with Crippen LogP contribution in [0.25, 0.3) is 0 Å². The van der Waals surface area contributed by atoms with Crippen LogP contribution in [-0.4, -0.2) is 44.6 Å². The molecule has 0 aromatic heterocycles. The van der Waals surface area contributed by atoms with E-state index in [0.717, 1.165) is 32.5 Å². The number of ether oxygens (including phenoxy) is 1. The lowest BCUT2D eigenvalue weighted by molar-refractivity contribution is -0.000425. The van der Waals surface area contributed by atoms with Gasteiger partial charge in [-0.1, -0.05) is 81.4 Å². The molecule has 2 aromatic rings. The topological polar surface area (TPSA) is 38.8 Å². The molecule has 0 N–H and O–H groups in total. The molecular formula is C32H47NO3Si. The highest BCUT2D eigenvalue weighted by molar-refractivity contribution is 6.99. The van der Waals surface area contributed by atoms with E-state index in [0.29, 0.717) is 11.3 Å². The Balaban J connectivity index is 1.41. The number of benzene rings is 2. The molecule has 0 atom stereocenters. The van der Waals surface area contributed by atoms with Gasteiger partial charge in [-0.05, 0) is 86.0 Å². The molecule has 2 fully saturated rings. The standard InChI is InChI=1S/C32H47NO3Si/c1-30(2,3)36-29(34)33-23-21-32(22-24-33)19-17-26(18-20-32)25-35-37(31(4,5)6,27-13-9-7-10-14-27)28-15-11-8-12-16-28/h7-16,26H,17-25H2,1-6H3. The summed E-state index contributed by atoms with van der Waals surface area (Å²) in [7, 11) is -2.48. The van der Waals surface area contributed by atoms with Crippen molar-refractivity contribution in [1.82, 2.24) is 4.90 Å². The van der Waals surface area contributed by atoms with Crippen LogP contribution in [-0.2, 0) is 9.16 Å². The number of likely N-dealkylation sites (tertiary alicyclic amines) is 1. The summed E-state index contributed by atoms with van der Waals surface area (Å²) in [5, 5.41) is 2.73. The summed E-state index contributed by atoms with van der Waals surface area (Å²) in [5.41, 5.74) is -0.0538. The lowest BCUT2D eigenvalue weighted by atomic mass is 9.65. The van der Waals surface area contributed by atoms with Crippen LogP contribution in [0.5, 0.6) is 0 Å². The molecule has 1 heterocycles. The van der Waals surface area contributed by atoms with Crippen LogP contribution in [0.2, 0.25) is 5.04 Å². The number of rotatable bonds is 5. The number of nitrogens with zero attached hydrogens (tertiary/aromatic N) is 1. The second-order valence-corrected chi connectivity index (χ2v) is 17.7. The largest absolute Gasteiger partial charge is 0.444 e. The molecule has 2 aliphatic rings. The van der Waals surface area contributed by atoms with Crippen molar-refractivity contribution in [3.05, 3.63) is 60.7 Å². The Hall–Kier alpha value is -2.11. The summed E-state index contributed by atoms with van der Waals surface area (Å²) in [6, 6.07) is 21.9. The highest BCUT2D eigenvalue weighted by Crippen LogP contribution is 2.47. The molecule has 0 bridgehead atoms. The first kappa shape index (κ1) is 27.9. The molecule has 1 spiro atoms. The normalized spacial score (nSPS) is 19.1. The lowest BCUT2D eigenvalue weighted by Crippen LogP contribution is -2.67. The van der Waals surface area contributed by atoms with E-state index < -0.39 is 13.9 Å². The summed E-state index contributed by atoms with van der Waals surface area (Å²) < 4.78 is 12.9. The Labute approximate surface area is 225 Å². The monoisotopic (exact) mass is 521 g/mol. The van der Waals surface area contributed by atoms with Crippen molar-refractivity contribution >= 4 is 24.8 Å². The summed E-state index contributed by atoms with van der Waals surface area (Å²) in [6.07, 6.45) is 6.93. The van der Waals surface area contributed by atoms with Gasteiger partial charge in [0.15, 0.2) is 0 Å². The van der Waals surface area contributed by atoms with Crippen LogP contribution in [0.1, 0.15) is 80.1 Å². The second kappa shape index (κ2) is 10.9. The maximum atomic E-state index is 12.5. The number of amides is 1. The van der Waals surface area contributed by atoms with Gasteiger partial charge >= 0.3 is 6.09 Å². The van der Waals surface area contributed by atoms with Gasteiger partial charge in [0.2, 0.25) is 0 Å². The van der Waals surface area contributed by atoms with E-state index in [2.05, 4.69) is 81.4 Å². The molecule has 1 amide bonds. The van der Waals surface area contributed by atoms with Gasteiger partial charge in [0.25, 0.3) is 8.32 Å². The van der Waals surface area contributed by atoms with Crippen LogP contribution in [0.4, 0.5) is 4.79 Å². The molecule has 0 unspecified atom stereocenters. The maximum Gasteiger partial charge on any atom is 0.410 e. The molecule has 4 rings (SSSR count). The zero-order valence-corrected chi connectivity index (χ0v) is 24.9. The van der Waals surface area contributed by atoms with Gasteiger partial charge in [-0.3, -0.25) is 0 Å². The van der Waals surface area contributed by atoms with Crippen LogP contribution < -0.4 is 10.4 Å². The highest BCUT2D eigenvalue weighted by Gasteiger charge is 2.50. The number of hydrogen-bond donors (Lipinski definition) is 0. The van der Waals surface area contributed by atoms with Crippen molar-refractivity contribution in [2.45, 2.75) is 90.7 Å². The molecule has 1 aliphatic heterocycles. The van der Waals surface area contributed by atoms with E-state index in [1.807, 2.05) is 25.7 Å². The lowest BCUT2D eigenvalue weighted by Gasteiger charge is -2.47. The summed E-state index contributed by atoms with van der Waals surface area (Å²) in [6.45, 7) is 15.3. The Morgan fingerprint density at radius 3 is 1.76 bits per heavy atom. The molecule has 4 nitrogen and oxygen atoms in total. The second-order valence-electron chi connectivity index (χ2n) is 13.4. The number of piperidine rings is 1. The Kier molecular flexibility index (Phi) is 8.25. The Morgan fingerprint density at radius 2 is 1.32 bits per heavy atom. The molecular weight excluding hydrogens is 474 g/mol. The van der Waals surface area contributed by atoms with E-state index in [1.165, 1.54) is 36.1 Å². The van der Waals surface area contributed by atoms with Crippen molar-refractivity contribution in [2.75, 3.05) is 19.7 Å². The smallest absolute Gasteiger partial charge is 0.410 e. The van der Waals surface area contributed by atoms with Crippen molar-refractivity contribution < 1.29 is 14.0 Å². The van der Waals surface area contributed by atoms with Gasteiger partial charge in [0.05, 0.1) is 0 Å². The van der Waals surface area contributed by atoms with Gasteiger partial charge in [0, 0.05) is 19.7 Å². The van der Waals surface area contributed by atoms with Gasteiger partial charge < -0.3 is 14.1 Å². The molecule has 2 aromatic carbocycles. The van der Waals surface area contributed by atoms with E-state index in [4.69, 9.17) is 9.16 Å². The SMILES string of the molecule is CC(C)(C)OC(=O)N1CCC2(CCC(CO[Si](c3ccccc3)(c3ccccc3)C(C)(C)C)CC2)CC1. The third kappa shape index (κ3) is 6.31. The minimum Gasteiger partial charge on any atom is -0.444 e. The van der Waals surface area contributed by atoms with Gasteiger partial charge in [-0.15, -0.1) is 0 Å². The summed E-state index contributed by atoms with van der Waals surface area (Å²) >= 11 is 0. The molecule has 1 aliphatic carbocycles. The number of carbonyl (C=O) groups is 1. The minimum absolute atomic E-state index is 0.0140. The summed E-state index contributed by atoms with van der Waals surface area (Å²) in [4.78, 5) is 14.4. The fourth-order valence-electron chi connectivity index (χ4n) is 6.45. The van der Waals surface area contributed by atoms with Crippen molar-refractivity contribution in [1.29, 1.82) is 0 Å². The number of hydrogen-bond acceptors (Lipinski definition) is 3. The van der Waals surface area contributed by atoms with Crippen molar-refractivity contribution in [2.24, 2.45) is 11.3 Å². The van der Waals surface area contributed by atoms with Crippen molar-refractivity contribution in [3.8, 4) is 0 Å². The predicted octanol–water partition coefficient (Wildman–Crippen LogP) is 6.77. The molecule has 202 valence electrons. The molecule has 37 heavy (non-hydrogen) atoms. The quantitative estimate of drug-likeness (QED) is 0.408. The molecule has 0 radical (unpaired) electrons.